The summed E-state index contributed by atoms with van der Waals surface area (Å²) in [4.78, 5) is 21.2. The maximum absolute atomic E-state index is 11.1. The van der Waals surface area contributed by atoms with Crippen LogP contribution in [0.4, 0.5) is 0 Å². The Labute approximate surface area is 89.7 Å². The summed E-state index contributed by atoms with van der Waals surface area (Å²) in [6.07, 6.45) is 8.14. The first kappa shape index (κ1) is 13.4. The van der Waals surface area contributed by atoms with Gasteiger partial charge in [-0.15, -0.1) is 0 Å². The first-order chi connectivity index (χ1) is 7.16. The Morgan fingerprint density at radius 1 is 1.27 bits per heavy atom. The molecule has 0 aromatic carbocycles. The Morgan fingerprint density at radius 3 is 2.60 bits per heavy atom. The van der Waals surface area contributed by atoms with Gasteiger partial charge in [0, 0.05) is 19.0 Å². The molecule has 0 radical (unpaired) electrons. The molecule has 2 N–H and O–H groups in total. The third-order valence-electron chi connectivity index (χ3n) is 1.67. The third-order valence-corrected chi connectivity index (χ3v) is 1.67. The highest BCUT2D eigenvalue weighted by Crippen LogP contribution is 1.93. The van der Waals surface area contributed by atoms with Gasteiger partial charge < -0.3 is 10.4 Å². The van der Waals surface area contributed by atoms with Crippen molar-refractivity contribution in [2.75, 3.05) is 6.54 Å². The van der Waals surface area contributed by atoms with Gasteiger partial charge in [0.1, 0.15) is 0 Å². The van der Waals surface area contributed by atoms with E-state index in [0.717, 1.165) is 0 Å². The summed E-state index contributed by atoms with van der Waals surface area (Å²) in [5.74, 6) is -0.947. The molecule has 0 heterocycles. The Morgan fingerprint density at radius 2 is 2.00 bits per heavy atom. The minimum atomic E-state index is -0.797. The Kier molecular flexibility index (Phi) is 8.05. The molecular formula is C11H17NO3. The standard InChI is InChI=1S/C11H17NO3/c1-2-3-4-7-10(13)12-9-6-5-8-11(14)15/h2-4,7H,5-6,8-9H2,1H3,(H,12,13)(H,14,15). The summed E-state index contributed by atoms with van der Waals surface area (Å²) >= 11 is 0. The van der Waals surface area contributed by atoms with Crippen molar-refractivity contribution in [2.24, 2.45) is 0 Å². The summed E-state index contributed by atoms with van der Waals surface area (Å²) in [5.41, 5.74) is 0. The zero-order chi connectivity index (χ0) is 11.5. The van der Waals surface area contributed by atoms with Crippen molar-refractivity contribution in [3.63, 3.8) is 0 Å². The zero-order valence-corrected chi connectivity index (χ0v) is 8.90. The lowest BCUT2D eigenvalue weighted by Crippen LogP contribution is -2.22. The van der Waals surface area contributed by atoms with Crippen LogP contribution in [0.1, 0.15) is 26.2 Å². The van der Waals surface area contributed by atoms with Crippen LogP contribution >= 0.6 is 0 Å². The SMILES string of the molecule is CC=CC=CC(=O)NCCCCC(=O)O. The van der Waals surface area contributed by atoms with E-state index in [1.807, 2.05) is 13.0 Å². The molecule has 0 aromatic heterocycles. The van der Waals surface area contributed by atoms with Crippen LogP contribution < -0.4 is 5.32 Å². The number of carboxylic acids is 1. The second-order valence-corrected chi connectivity index (χ2v) is 3.03. The molecule has 84 valence electrons. The average Bonchev–Trinajstić information content (AvgIpc) is 2.17. The second-order valence-electron chi connectivity index (χ2n) is 3.03. The summed E-state index contributed by atoms with van der Waals surface area (Å²) in [7, 11) is 0. The molecule has 0 saturated carbocycles. The normalized spacial score (nSPS) is 11.0. The van der Waals surface area contributed by atoms with E-state index < -0.39 is 5.97 Å². The maximum Gasteiger partial charge on any atom is 0.303 e. The molecule has 4 heteroatoms. The van der Waals surface area contributed by atoms with Crippen molar-refractivity contribution in [3.05, 3.63) is 24.3 Å². The summed E-state index contributed by atoms with van der Waals surface area (Å²) < 4.78 is 0. The van der Waals surface area contributed by atoms with E-state index in [0.29, 0.717) is 19.4 Å². The highest BCUT2D eigenvalue weighted by atomic mass is 16.4. The van der Waals surface area contributed by atoms with Crippen molar-refractivity contribution in [2.45, 2.75) is 26.2 Å². The fraction of sp³-hybridized carbons (Fsp3) is 0.455. The van der Waals surface area contributed by atoms with Crippen LogP contribution in [0.5, 0.6) is 0 Å². The minimum Gasteiger partial charge on any atom is -0.481 e. The number of carbonyl (C=O) groups excluding carboxylic acids is 1. The fourth-order valence-corrected chi connectivity index (χ4v) is 0.926. The molecule has 15 heavy (non-hydrogen) atoms. The predicted octanol–water partition coefficient (Wildman–Crippen LogP) is 1.49. The van der Waals surface area contributed by atoms with Crippen LogP contribution in [-0.2, 0) is 9.59 Å². The van der Waals surface area contributed by atoms with Gasteiger partial charge in [0.15, 0.2) is 0 Å². The molecule has 0 aliphatic rings. The number of hydrogen-bond donors (Lipinski definition) is 2. The summed E-state index contributed by atoms with van der Waals surface area (Å²) in [6.45, 7) is 2.39. The number of rotatable bonds is 7. The van der Waals surface area contributed by atoms with Crippen molar-refractivity contribution in [1.82, 2.24) is 5.32 Å². The number of amides is 1. The average molecular weight is 211 g/mol. The zero-order valence-electron chi connectivity index (χ0n) is 8.90. The molecule has 0 bridgehead atoms. The maximum atomic E-state index is 11.1. The number of carbonyl (C=O) groups is 2. The number of unbranched alkanes of at least 4 members (excludes halogenated alkanes) is 1. The van der Waals surface area contributed by atoms with E-state index >= 15 is 0 Å². The largest absolute Gasteiger partial charge is 0.481 e. The van der Waals surface area contributed by atoms with E-state index in [-0.39, 0.29) is 12.3 Å². The molecule has 1 amide bonds. The number of hydrogen-bond acceptors (Lipinski definition) is 2. The topological polar surface area (TPSA) is 66.4 Å². The first-order valence-electron chi connectivity index (χ1n) is 4.95. The van der Waals surface area contributed by atoms with Gasteiger partial charge in [-0.25, -0.2) is 0 Å². The van der Waals surface area contributed by atoms with Crippen LogP contribution in [0.3, 0.4) is 0 Å². The molecule has 0 saturated heterocycles. The fourth-order valence-electron chi connectivity index (χ4n) is 0.926. The highest BCUT2D eigenvalue weighted by molar-refractivity contribution is 5.87. The minimum absolute atomic E-state index is 0.150. The Hall–Kier alpha value is -1.58. The second kappa shape index (κ2) is 8.99. The highest BCUT2D eigenvalue weighted by Gasteiger charge is 1.97. The molecule has 4 nitrogen and oxygen atoms in total. The Bertz CT molecular complexity index is 257. The molecule has 0 rings (SSSR count). The molecule has 0 fully saturated rings. The lowest BCUT2D eigenvalue weighted by molar-refractivity contribution is -0.137. The molecule has 0 aromatic rings. The molecule has 0 atom stereocenters. The first-order valence-corrected chi connectivity index (χ1v) is 4.95. The Balaban J connectivity index is 3.43. The van der Waals surface area contributed by atoms with Gasteiger partial charge in [0.25, 0.3) is 0 Å². The number of carboxylic acid groups (broad SMARTS) is 1. The number of aliphatic carboxylic acids is 1. The van der Waals surface area contributed by atoms with Gasteiger partial charge in [-0.05, 0) is 19.8 Å². The summed E-state index contributed by atoms with van der Waals surface area (Å²) in [6, 6.07) is 0. The molecule has 0 spiro atoms. The molecule has 0 unspecified atom stereocenters. The number of nitrogens with one attached hydrogen (secondary N) is 1. The smallest absolute Gasteiger partial charge is 0.303 e. The lowest BCUT2D eigenvalue weighted by atomic mass is 10.2. The van der Waals surface area contributed by atoms with Crippen LogP contribution in [-0.4, -0.2) is 23.5 Å². The predicted molar refractivity (Wildman–Crippen MR) is 58.5 cm³/mol. The van der Waals surface area contributed by atoms with E-state index in [2.05, 4.69) is 5.32 Å². The molecule has 0 aliphatic carbocycles. The lowest BCUT2D eigenvalue weighted by Gasteiger charge is -2.00. The van der Waals surface area contributed by atoms with Gasteiger partial charge in [-0.3, -0.25) is 9.59 Å². The van der Waals surface area contributed by atoms with Crippen LogP contribution in [0.25, 0.3) is 0 Å². The van der Waals surface area contributed by atoms with Gasteiger partial charge in [-0.2, -0.15) is 0 Å². The van der Waals surface area contributed by atoms with Crippen molar-refractivity contribution in [3.8, 4) is 0 Å². The van der Waals surface area contributed by atoms with Crippen LogP contribution in [0.2, 0.25) is 0 Å². The van der Waals surface area contributed by atoms with Gasteiger partial charge in [0.2, 0.25) is 5.91 Å². The van der Waals surface area contributed by atoms with Gasteiger partial charge in [0.05, 0.1) is 0 Å². The van der Waals surface area contributed by atoms with Crippen molar-refractivity contribution >= 4 is 11.9 Å². The van der Waals surface area contributed by atoms with E-state index in [4.69, 9.17) is 5.11 Å². The van der Waals surface area contributed by atoms with E-state index in [9.17, 15) is 9.59 Å². The monoisotopic (exact) mass is 211 g/mol. The van der Waals surface area contributed by atoms with Crippen molar-refractivity contribution < 1.29 is 14.7 Å². The number of allylic oxidation sites excluding steroid dienone is 3. The van der Waals surface area contributed by atoms with Gasteiger partial charge in [-0.1, -0.05) is 18.2 Å². The van der Waals surface area contributed by atoms with Gasteiger partial charge >= 0.3 is 5.97 Å². The van der Waals surface area contributed by atoms with E-state index in [1.54, 1.807) is 12.2 Å². The molecular weight excluding hydrogens is 194 g/mol. The third kappa shape index (κ3) is 10.3. The molecule has 0 aliphatic heterocycles. The van der Waals surface area contributed by atoms with Crippen LogP contribution in [0.15, 0.2) is 24.3 Å². The van der Waals surface area contributed by atoms with Crippen LogP contribution in [0, 0.1) is 0 Å². The quantitative estimate of drug-likeness (QED) is 0.381. The summed E-state index contributed by atoms with van der Waals surface area (Å²) in [5, 5.41) is 11.0. The van der Waals surface area contributed by atoms with E-state index in [1.165, 1.54) is 6.08 Å². The van der Waals surface area contributed by atoms with Crippen molar-refractivity contribution in [1.29, 1.82) is 0 Å².